The normalized spacial score (nSPS) is 18.3. The van der Waals surface area contributed by atoms with Crippen LogP contribution in [-0.4, -0.2) is 46.9 Å². The molecule has 1 aliphatic heterocycles. The number of anilines is 1. The highest BCUT2D eigenvalue weighted by Crippen LogP contribution is 2.41. The molecule has 8 nitrogen and oxygen atoms in total. The number of carbonyl (C=O) groups excluding carboxylic acids is 4. The number of hydrogen-bond donors (Lipinski definition) is 1. The van der Waals surface area contributed by atoms with Crippen molar-refractivity contribution in [1.82, 2.24) is 4.90 Å². The summed E-state index contributed by atoms with van der Waals surface area (Å²) in [5.41, 5.74) is 0.916. The van der Waals surface area contributed by atoms with Crippen LogP contribution in [0.3, 0.4) is 0 Å². The predicted octanol–water partition coefficient (Wildman–Crippen LogP) is 2.63. The van der Waals surface area contributed by atoms with Crippen LogP contribution in [0.2, 0.25) is 0 Å². The lowest BCUT2D eigenvalue weighted by atomic mass is 10.1. The Hall–Kier alpha value is -3.07. The van der Waals surface area contributed by atoms with Crippen molar-refractivity contribution in [3.63, 3.8) is 0 Å². The van der Waals surface area contributed by atoms with Crippen LogP contribution in [0.15, 0.2) is 47.1 Å². The lowest BCUT2D eigenvalue weighted by molar-refractivity contribution is -0.152. The third kappa shape index (κ3) is 4.86. The average molecular weight is 416 g/mol. The van der Waals surface area contributed by atoms with E-state index in [0.29, 0.717) is 22.8 Å². The number of furan rings is 1. The Bertz CT molecular complexity index is 910. The molecule has 2 heterocycles. The van der Waals surface area contributed by atoms with Gasteiger partial charge in [-0.25, -0.2) is 4.79 Å². The third-order valence-corrected chi connectivity index (χ3v) is 5.58. The van der Waals surface area contributed by atoms with Crippen molar-refractivity contribution in [3.8, 4) is 0 Å². The van der Waals surface area contributed by atoms with Crippen LogP contribution >= 0.6 is 11.8 Å². The number of carbonyl (C=O) groups is 4. The third-order valence-electron chi connectivity index (χ3n) is 4.30. The van der Waals surface area contributed by atoms with Gasteiger partial charge in [-0.15, -0.1) is 11.8 Å². The SMILES string of the molecule is CC(=O)Nc1ccc(C(=O)COC(=O)[C@H]2CS[C@H](c3ccco3)N2C(C)=O)cc1. The molecule has 0 spiro atoms. The summed E-state index contributed by atoms with van der Waals surface area (Å²) in [7, 11) is 0. The molecular formula is C20H20N2O6S. The predicted molar refractivity (Wildman–Crippen MR) is 106 cm³/mol. The van der Waals surface area contributed by atoms with E-state index in [0.717, 1.165) is 0 Å². The number of hydrogen-bond acceptors (Lipinski definition) is 7. The minimum absolute atomic E-state index is 0.213. The monoisotopic (exact) mass is 416 g/mol. The van der Waals surface area contributed by atoms with Crippen molar-refractivity contribution in [3.05, 3.63) is 54.0 Å². The van der Waals surface area contributed by atoms with E-state index in [1.807, 2.05) is 0 Å². The zero-order chi connectivity index (χ0) is 21.0. The van der Waals surface area contributed by atoms with E-state index in [4.69, 9.17) is 9.15 Å². The Morgan fingerprint density at radius 3 is 2.48 bits per heavy atom. The molecular weight excluding hydrogens is 396 g/mol. The Morgan fingerprint density at radius 1 is 1.17 bits per heavy atom. The summed E-state index contributed by atoms with van der Waals surface area (Å²) in [5, 5.41) is 2.20. The number of rotatable bonds is 6. The quantitative estimate of drug-likeness (QED) is 0.570. The molecule has 0 saturated carbocycles. The van der Waals surface area contributed by atoms with Gasteiger partial charge in [0.15, 0.2) is 12.4 Å². The summed E-state index contributed by atoms with van der Waals surface area (Å²) in [4.78, 5) is 49.4. The van der Waals surface area contributed by atoms with Gasteiger partial charge in [0.05, 0.1) is 6.26 Å². The first-order chi connectivity index (χ1) is 13.9. The summed E-state index contributed by atoms with van der Waals surface area (Å²) in [5.74, 6) is -0.576. The van der Waals surface area contributed by atoms with Gasteiger partial charge in [-0.05, 0) is 36.4 Å². The molecule has 0 bridgehead atoms. The number of ketones is 1. The lowest BCUT2D eigenvalue weighted by Crippen LogP contribution is -2.43. The second-order valence-corrected chi connectivity index (χ2v) is 7.55. The number of amides is 2. The van der Waals surface area contributed by atoms with Crippen molar-refractivity contribution >= 4 is 41.0 Å². The number of benzene rings is 1. The highest BCUT2D eigenvalue weighted by molar-refractivity contribution is 7.99. The number of nitrogens with one attached hydrogen (secondary N) is 1. The van der Waals surface area contributed by atoms with Crippen LogP contribution in [0.1, 0.15) is 35.3 Å². The summed E-state index contributed by atoms with van der Waals surface area (Å²) in [6, 6.07) is 8.95. The molecule has 1 aromatic heterocycles. The zero-order valence-corrected chi connectivity index (χ0v) is 16.7. The topological polar surface area (TPSA) is 106 Å². The van der Waals surface area contributed by atoms with Crippen LogP contribution in [0.4, 0.5) is 5.69 Å². The molecule has 0 aliphatic carbocycles. The summed E-state index contributed by atoms with van der Waals surface area (Å²) < 4.78 is 10.6. The smallest absolute Gasteiger partial charge is 0.330 e. The highest BCUT2D eigenvalue weighted by atomic mass is 32.2. The van der Waals surface area contributed by atoms with E-state index < -0.39 is 24.0 Å². The second kappa shape index (κ2) is 8.95. The van der Waals surface area contributed by atoms with Crippen LogP contribution < -0.4 is 5.32 Å². The minimum Gasteiger partial charge on any atom is -0.466 e. The standard InChI is InChI=1S/C20H20N2O6S/c1-12(23)21-15-7-5-14(6-8-15)17(25)10-28-20(26)16-11-29-19(22(16)13(2)24)18-4-3-9-27-18/h3-9,16,19H,10-11H2,1-2H3,(H,21,23)/t16-,19-/m1/s1. The first kappa shape index (κ1) is 20.7. The summed E-state index contributed by atoms with van der Waals surface area (Å²) in [6.45, 7) is 2.33. The van der Waals surface area contributed by atoms with E-state index in [1.54, 1.807) is 36.4 Å². The van der Waals surface area contributed by atoms with E-state index in [9.17, 15) is 19.2 Å². The maximum atomic E-state index is 12.5. The lowest BCUT2D eigenvalue weighted by Gasteiger charge is -2.25. The maximum absolute atomic E-state index is 12.5. The van der Waals surface area contributed by atoms with Gasteiger partial charge in [0.25, 0.3) is 0 Å². The fourth-order valence-electron chi connectivity index (χ4n) is 2.98. The van der Waals surface area contributed by atoms with E-state index in [2.05, 4.69) is 5.32 Å². The van der Waals surface area contributed by atoms with Gasteiger partial charge >= 0.3 is 5.97 Å². The van der Waals surface area contributed by atoms with Crippen LogP contribution in [0.5, 0.6) is 0 Å². The Labute approximate surface area is 171 Å². The summed E-state index contributed by atoms with van der Waals surface area (Å²) >= 11 is 1.40. The molecule has 29 heavy (non-hydrogen) atoms. The number of Topliss-reactive ketones (excluding diaryl/α,β-unsaturated/α-hetero) is 1. The Kier molecular flexibility index (Phi) is 6.38. The molecule has 3 rings (SSSR count). The molecule has 2 aromatic rings. The van der Waals surface area contributed by atoms with Crippen LogP contribution in [0.25, 0.3) is 0 Å². The van der Waals surface area contributed by atoms with Crippen molar-refractivity contribution in [1.29, 1.82) is 0 Å². The van der Waals surface area contributed by atoms with Gasteiger partial charge in [0, 0.05) is 30.9 Å². The van der Waals surface area contributed by atoms with Crippen molar-refractivity contribution in [2.24, 2.45) is 0 Å². The van der Waals surface area contributed by atoms with E-state index in [-0.39, 0.29) is 17.6 Å². The largest absolute Gasteiger partial charge is 0.466 e. The van der Waals surface area contributed by atoms with Crippen molar-refractivity contribution in [2.75, 3.05) is 17.7 Å². The molecule has 152 valence electrons. The van der Waals surface area contributed by atoms with Crippen molar-refractivity contribution < 1.29 is 28.3 Å². The number of thioether (sulfide) groups is 1. The van der Waals surface area contributed by atoms with E-state index in [1.165, 1.54) is 36.8 Å². The van der Waals surface area contributed by atoms with Gasteiger partial charge in [0.1, 0.15) is 17.2 Å². The second-order valence-electron chi connectivity index (χ2n) is 6.43. The number of esters is 1. The Morgan fingerprint density at radius 2 is 1.90 bits per heavy atom. The van der Waals surface area contributed by atoms with Gasteiger partial charge in [-0.1, -0.05) is 0 Å². The molecule has 1 fully saturated rings. The first-order valence-electron chi connectivity index (χ1n) is 8.88. The van der Waals surface area contributed by atoms with Crippen LogP contribution in [-0.2, 0) is 19.1 Å². The van der Waals surface area contributed by atoms with Gasteiger partial charge < -0.3 is 19.4 Å². The molecule has 1 aliphatic rings. The summed E-state index contributed by atoms with van der Waals surface area (Å²) in [6.07, 6.45) is 1.51. The van der Waals surface area contributed by atoms with Gasteiger partial charge in [0.2, 0.25) is 11.8 Å². The average Bonchev–Trinajstić information content (AvgIpc) is 3.35. The van der Waals surface area contributed by atoms with E-state index >= 15 is 0 Å². The molecule has 2 amide bonds. The van der Waals surface area contributed by atoms with Gasteiger partial charge in [-0.2, -0.15) is 0 Å². The van der Waals surface area contributed by atoms with Crippen LogP contribution in [0, 0.1) is 0 Å². The molecule has 9 heteroatoms. The number of ether oxygens (including phenoxy) is 1. The molecule has 1 aromatic carbocycles. The fourth-order valence-corrected chi connectivity index (χ4v) is 4.40. The highest BCUT2D eigenvalue weighted by Gasteiger charge is 2.43. The molecule has 1 saturated heterocycles. The Balaban J connectivity index is 1.60. The first-order valence-corrected chi connectivity index (χ1v) is 9.93. The molecule has 0 radical (unpaired) electrons. The maximum Gasteiger partial charge on any atom is 0.330 e. The minimum atomic E-state index is -0.789. The fraction of sp³-hybridized carbons (Fsp3) is 0.300. The molecule has 1 N–H and O–H groups in total. The number of nitrogens with zero attached hydrogens (tertiary/aromatic N) is 1. The van der Waals surface area contributed by atoms with Gasteiger partial charge in [-0.3, -0.25) is 14.4 Å². The molecule has 2 atom stereocenters. The van der Waals surface area contributed by atoms with Crippen molar-refractivity contribution in [2.45, 2.75) is 25.3 Å². The molecule has 0 unspecified atom stereocenters. The zero-order valence-electron chi connectivity index (χ0n) is 15.9.